The van der Waals surface area contributed by atoms with Crippen molar-refractivity contribution in [2.75, 3.05) is 10.6 Å². The van der Waals surface area contributed by atoms with E-state index in [1.54, 1.807) is 18.6 Å². The van der Waals surface area contributed by atoms with Crippen molar-refractivity contribution in [2.24, 2.45) is 0 Å². The molecule has 6 heterocycles. The second kappa shape index (κ2) is 12.8. The van der Waals surface area contributed by atoms with Crippen LogP contribution in [0.1, 0.15) is 63.5 Å². The molecule has 4 aromatic heterocycles. The molecule has 0 atom stereocenters. The van der Waals surface area contributed by atoms with E-state index < -0.39 is 0 Å². The molecule has 0 saturated carbocycles. The molecule has 0 radical (unpaired) electrons. The zero-order valence-electron chi connectivity index (χ0n) is 30.2. The maximum absolute atomic E-state index is 6.95. The smallest absolute Gasteiger partial charge is 0.181 e. The first kappa shape index (κ1) is 32.1. The molecular weight excluding hydrogens is 677 g/mol. The third kappa shape index (κ3) is 5.04. The molecule has 0 unspecified atom stereocenters. The zero-order valence-corrected chi connectivity index (χ0v) is 30.2. The molecule has 10 rings (SSSR count). The van der Waals surface area contributed by atoms with Crippen molar-refractivity contribution in [2.45, 2.75) is 65.7 Å². The maximum Gasteiger partial charge on any atom is 0.181 e. The third-order valence-corrected chi connectivity index (χ3v) is 10.1. The number of benzene rings is 4. The van der Waals surface area contributed by atoms with Gasteiger partial charge in [-0.15, -0.1) is 0 Å². The minimum atomic E-state index is 0.543. The SMILES string of the molecule is CCCCc1cnc2c3c(c4nc(-c5cccc6c5Oc5c(c7nccnc7c7nc(CC)cnc57)N6)c(CCCC)nc4c2n1)Nc1ccccc1O3. The molecule has 0 aliphatic carbocycles. The quantitative estimate of drug-likeness (QED) is 0.145. The molecule has 2 N–H and O–H groups in total. The fourth-order valence-electron chi connectivity index (χ4n) is 7.36. The third-order valence-electron chi connectivity index (χ3n) is 10.1. The van der Waals surface area contributed by atoms with Crippen molar-refractivity contribution in [3.05, 3.63) is 84.3 Å². The lowest BCUT2D eigenvalue weighted by Gasteiger charge is -2.26. The minimum absolute atomic E-state index is 0.543. The number of rotatable bonds is 8. The van der Waals surface area contributed by atoms with E-state index in [1.807, 2.05) is 48.7 Å². The standard InChI is InChI=1S/C42H36N10O2/c1-4-7-12-23-21-46-37-34(48-23)33-35(39-41(37)53-28-17-10-9-15-25(28)49-39)52-29(26(50-33)14-8-5-2)24-13-11-16-27-40(24)54-42-36-32(47-22(6-3)20-45-36)30-31(38(42)51-27)44-19-18-43-30/h9-11,13,15-21,49,51H,4-8,12,14H2,1-3H3. The number of ether oxygens (including phenoxy) is 2. The lowest BCUT2D eigenvalue weighted by Crippen LogP contribution is -2.10. The second-order valence-electron chi connectivity index (χ2n) is 13.7. The molecule has 0 spiro atoms. The number of fused-ring (bicyclic) bond motifs is 14. The molecule has 0 fully saturated rings. The van der Waals surface area contributed by atoms with Crippen LogP contribution in [0, 0.1) is 0 Å². The predicted molar refractivity (Wildman–Crippen MR) is 210 cm³/mol. The molecule has 4 aromatic carbocycles. The number of hydrogen-bond acceptors (Lipinski definition) is 12. The highest BCUT2D eigenvalue weighted by Crippen LogP contribution is 2.53. The van der Waals surface area contributed by atoms with Crippen LogP contribution in [0.4, 0.5) is 22.7 Å². The van der Waals surface area contributed by atoms with E-state index in [9.17, 15) is 0 Å². The summed E-state index contributed by atoms with van der Waals surface area (Å²) in [7, 11) is 0. The molecule has 0 amide bonds. The van der Waals surface area contributed by atoms with E-state index in [0.717, 1.165) is 78.2 Å². The summed E-state index contributed by atoms with van der Waals surface area (Å²) in [6.07, 6.45) is 13.3. The van der Waals surface area contributed by atoms with Gasteiger partial charge in [0.15, 0.2) is 23.0 Å². The van der Waals surface area contributed by atoms with Gasteiger partial charge >= 0.3 is 0 Å². The van der Waals surface area contributed by atoms with Gasteiger partial charge in [0, 0.05) is 30.4 Å². The molecule has 12 heteroatoms. The molecule has 266 valence electrons. The van der Waals surface area contributed by atoms with Crippen molar-refractivity contribution < 1.29 is 9.47 Å². The number of unbranched alkanes of at least 4 members (excludes halogenated alkanes) is 2. The Balaban J connectivity index is 1.22. The number of nitrogens with zero attached hydrogens (tertiary/aromatic N) is 8. The summed E-state index contributed by atoms with van der Waals surface area (Å²) in [6, 6.07) is 13.9. The molecule has 12 nitrogen and oxygen atoms in total. The molecule has 2 aliphatic rings. The fourth-order valence-corrected chi connectivity index (χ4v) is 7.36. The van der Waals surface area contributed by atoms with E-state index in [0.29, 0.717) is 84.9 Å². The van der Waals surface area contributed by atoms with E-state index in [-0.39, 0.29) is 0 Å². The Morgan fingerprint density at radius 1 is 0.537 bits per heavy atom. The Hall–Kier alpha value is -6.56. The van der Waals surface area contributed by atoms with Crippen LogP contribution >= 0.6 is 0 Å². The van der Waals surface area contributed by atoms with E-state index in [4.69, 9.17) is 44.4 Å². The first-order valence-corrected chi connectivity index (χ1v) is 18.7. The number of nitrogens with one attached hydrogen (secondary N) is 2. The summed E-state index contributed by atoms with van der Waals surface area (Å²) in [5.41, 5.74) is 12.4. The summed E-state index contributed by atoms with van der Waals surface area (Å²) in [5, 5.41) is 7.25. The molecule has 8 aromatic rings. The number of anilines is 4. The van der Waals surface area contributed by atoms with Gasteiger partial charge in [0.2, 0.25) is 0 Å². The average Bonchev–Trinajstić information content (AvgIpc) is 3.23. The van der Waals surface area contributed by atoms with Crippen molar-refractivity contribution in [1.82, 2.24) is 39.9 Å². The van der Waals surface area contributed by atoms with Crippen LogP contribution in [0.5, 0.6) is 23.0 Å². The number of hydrogen-bond donors (Lipinski definition) is 2. The van der Waals surface area contributed by atoms with Crippen LogP contribution in [-0.4, -0.2) is 39.9 Å². The average molecular weight is 713 g/mol. The number of para-hydroxylation sites is 3. The van der Waals surface area contributed by atoms with Gasteiger partial charge in [-0.1, -0.05) is 51.8 Å². The zero-order chi connectivity index (χ0) is 36.3. The highest BCUT2D eigenvalue weighted by atomic mass is 16.5. The van der Waals surface area contributed by atoms with Gasteiger partial charge in [-0.25, -0.2) is 29.9 Å². The van der Waals surface area contributed by atoms with Gasteiger partial charge < -0.3 is 20.1 Å². The van der Waals surface area contributed by atoms with Gasteiger partial charge in [0.25, 0.3) is 0 Å². The molecule has 2 aliphatic heterocycles. The van der Waals surface area contributed by atoms with Crippen molar-refractivity contribution >= 4 is 66.9 Å². The van der Waals surface area contributed by atoms with Gasteiger partial charge in [0.1, 0.15) is 55.5 Å². The lowest BCUT2D eigenvalue weighted by atomic mass is 10.0. The van der Waals surface area contributed by atoms with E-state index in [2.05, 4.69) is 36.4 Å². The lowest BCUT2D eigenvalue weighted by molar-refractivity contribution is 0.486. The summed E-state index contributed by atoms with van der Waals surface area (Å²) in [5.74, 6) is 2.46. The van der Waals surface area contributed by atoms with Gasteiger partial charge in [-0.2, -0.15) is 0 Å². The molecule has 0 bridgehead atoms. The first-order valence-electron chi connectivity index (χ1n) is 18.7. The highest BCUT2D eigenvalue weighted by Gasteiger charge is 2.31. The fraction of sp³-hybridized carbons (Fsp3) is 0.238. The van der Waals surface area contributed by atoms with Crippen molar-refractivity contribution in [3.63, 3.8) is 0 Å². The van der Waals surface area contributed by atoms with Gasteiger partial charge in [-0.05, 0) is 56.4 Å². The van der Waals surface area contributed by atoms with Crippen LogP contribution in [0.15, 0.2) is 67.3 Å². The van der Waals surface area contributed by atoms with Crippen LogP contribution in [0.25, 0.3) is 55.4 Å². The van der Waals surface area contributed by atoms with Crippen LogP contribution in [-0.2, 0) is 19.3 Å². The van der Waals surface area contributed by atoms with Crippen LogP contribution in [0.2, 0.25) is 0 Å². The van der Waals surface area contributed by atoms with E-state index in [1.165, 1.54) is 0 Å². The minimum Gasteiger partial charge on any atom is -0.451 e. The Morgan fingerprint density at radius 2 is 1.20 bits per heavy atom. The molecule has 54 heavy (non-hydrogen) atoms. The summed E-state index contributed by atoms with van der Waals surface area (Å²) >= 11 is 0. The Kier molecular flexibility index (Phi) is 7.63. The normalized spacial score (nSPS) is 12.7. The Morgan fingerprint density at radius 3 is 2.04 bits per heavy atom. The largest absolute Gasteiger partial charge is 0.451 e. The van der Waals surface area contributed by atoms with Crippen LogP contribution in [0.3, 0.4) is 0 Å². The van der Waals surface area contributed by atoms with Gasteiger partial charge in [-0.3, -0.25) is 9.97 Å². The topological polar surface area (TPSA) is 146 Å². The van der Waals surface area contributed by atoms with Crippen molar-refractivity contribution in [1.29, 1.82) is 0 Å². The van der Waals surface area contributed by atoms with E-state index >= 15 is 0 Å². The number of aryl methyl sites for hydroxylation is 3. The monoisotopic (exact) mass is 712 g/mol. The maximum atomic E-state index is 6.95. The summed E-state index contributed by atoms with van der Waals surface area (Å²) < 4.78 is 13.5. The highest BCUT2D eigenvalue weighted by molar-refractivity contribution is 6.14. The first-order chi connectivity index (χ1) is 26.6. The summed E-state index contributed by atoms with van der Waals surface area (Å²) in [4.78, 5) is 40.2. The van der Waals surface area contributed by atoms with Crippen LogP contribution < -0.4 is 20.1 Å². The molecule has 0 saturated heterocycles. The molecular formula is C42H36N10O2. The number of aromatic nitrogens is 8. The Labute approximate surface area is 310 Å². The van der Waals surface area contributed by atoms with Crippen molar-refractivity contribution in [3.8, 4) is 34.3 Å². The van der Waals surface area contributed by atoms with Gasteiger partial charge in [0.05, 0.1) is 34.2 Å². The second-order valence-corrected chi connectivity index (χ2v) is 13.7. The summed E-state index contributed by atoms with van der Waals surface area (Å²) in [6.45, 7) is 6.42. The Bertz CT molecular complexity index is 2820. The predicted octanol–water partition coefficient (Wildman–Crippen LogP) is 10.1.